The number of carbonyl (C=O) groups excluding carboxylic acids is 1. The molecule has 0 unspecified atom stereocenters. The maximum absolute atomic E-state index is 11.4. The van der Waals surface area contributed by atoms with Crippen LogP contribution < -0.4 is 5.32 Å². The van der Waals surface area contributed by atoms with Crippen molar-refractivity contribution in [2.75, 3.05) is 6.54 Å². The summed E-state index contributed by atoms with van der Waals surface area (Å²) in [4.78, 5) is 26.4. The van der Waals surface area contributed by atoms with Gasteiger partial charge in [-0.25, -0.2) is 9.59 Å². The first-order chi connectivity index (χ1) is 8.79. The molecular weight excluding hydrogens is 248 g/mol. The van der Waals surface area contributed by atoms with Crippen molar-refractivity contribution in [3.63, 3.8) is 0 Å². The molecule has 0 aliphatic heterocycles. The number of ether oxygens (including phenoxy) is 1. The number of nitrogens with zero attached hydrogens (tertiary/aromatic N) is 1. The van der Waals surface area contributed by atoms with Gasteiger partial charge in [-0.15, -0.1) is 0 Å². The molecule has 0 aliphatic rings. The quantitative estimate of drug-likeness (QED) is 0.868. The number of hydrogen-bond donors (Lipinski definition) is 2. The van der Waals surface area contributed by atoms with E-state index < -0.39 is 17.7 Å². The number of carboxylic acids is 1. The number of carboxylic acid groups (broad SMARTS) is 1. The Hall–Kier alpha value is -2.11. The number of nitrogens with one attached hydrogen (secondary N) is 1. The van der Waals surface area contributed by atoms with Crippen molar-refractivity contribution >= 4 is 12.1 Å². The fourth-order valence-electron chi connectivity index (χ4n) is 1.43. The Balaban J connectivity index is 2.50. The molecule has 1 heterocycles. The molecule has 0 saturated heterocycles. The molecule has 0 fully saturated rings. The Kier molecular flexibility index (Phi) is 4.86. The van der Waals surface area contributed by atoms with Gasteiger partial charge in [0.05, 0.1) is 11.3 Å². The van der Waals surface area contributed by atoms with Crippen LogP contribution in [0.4, 0.5) is 4.79 Å². The Morgan fingerprint density at radius 2 is 2.11 bits per heavy atom. The summed E-state index contributed by atoms with van der Waals surface area (Å²) < 4.78 is 5.07. The van der Waals surface area contributed by atoms with E-state index in [2.05, 4.69) is 10.3 Å². The second-order valence-electron chi connectivity index (χ2n) is 4.98. The molecular formula is C13H18N2O4. The highest BCUT2D eigenvalue weighted by molar-refractivity contribution is 5.88. The summed E-state index contributed by atoms with van der Waals surface area (Å²) in [5, 5.41) is 11.5. The van der Waals surface area contributed by atoms with Gasteiger partial charge in [-0.2, -0.15) is 0 Å². The summed E-state index contributed by atoms with van der Waals surface area (Å²) >= 11 is 0. The van der Waals surface area contributed by atoms with Crippen LogP contribution in [0.25, 0.3) is 0 Å². The lowest BCUT2D eigenvalue weighted by atomic mass is 10.1. The molecule has 0 radical (unpaired) electrons. The van der Waals surface area contributed by atoms with E-state index in [-0.39, 0.29) is 12.1 Å². The summed E-state index contributed by atoms with van der Waals surface area (Å²) in [5.41, 5.74) is 0.0287. The zero-order chi connectivity index (χ0) is 14.5. The van der Waals surface area contributed by atoms with E-state index in [4.69, 9.17) is 9.84 Å². The van der Waals surface area contributed by atoms with Crippen molar-refractivity contribution in [1.29, 1.82) is 0 Å². The van der Waals surface area contributed by atoms with E-state index in [0.29, 0.717) is 12.1 Å². The first-order valence-electron chi connectivity index (χ1n) is 5.93. The zero-order valence-corrected chi connectivity index (χ0v) is 11.3. The highest BCUT2D eigenvalue weighted by atomic mass is 16.6. The lowest BCUT2D eigenvalue weighted by Gasteiger charge is -2.19. The summed E-state index contributed by atoms with van der Waals surface area (Å²) in [5.74, 6) is -1.03. The minimum atomic E-state index is -1.03. The molecule has 104 valence electrons. The average Bonchev–Trinajstić information content (AvgIpc) is 2.27. The third-order valence-corrected chi connectivity index (χ3v) is 2.15. The summed E-state index contributed by atoms with van der Waals surface area (Å²) in [6.45, 7) is 5.59. The SMILES string of the molecule is CC(C)(C)OC(=O)NCCc1ncccc1C(=O)O. The molecule has 1 amide bonds. The fourth-order valence-corrected chi connectivity index (χ4v) is 1.43. The van der Waals surface area contributed by atoms with E-state index in [9.17, 15) is 9.59 Å². The number of alkyl carbamates (subject to hydrolysis) is 1. The maximum atomic E-state index is 11.4. The molecule has 6 nitrogen and oxygen atoms in total. The van der Waals surface area contributed by atoms with Crippen LogP contribution in [0.5, 0.6) is 0 Å². The summed E-state index contributed by atoms with van der Waals surface area (Å²) in [6, 6.07) is 3.05. The van der Waals surface area contributed by atoms with Gasteiger partial charge in [0.15, 0.2) is 0 Å². The number of aromatic nitrogens is 1. The van der Waals surface area contributed by atoms with Crippen molar-refractivity contribution < 1.29 is 19.4 Å². The normalized spacial score (nSPS) is 10.9. The number of carbonyl (C=O) groups is 2. The molecule has 1 rings (SSSR count). The van der Waals surface area contributed by atoms with Gasteiger partial charge < -0.3 is 15.2 Å². The molecule has 0 aromatic carbocycles. The van der Waals surface area contributed by atoms with Crippen LogP contribution in [0.3, 0.4) is 0 Å². The van der Waals surface area contributed by atoms with Gasteiger partial charge in [-0.1, -0.05) is 0 Å². The number of aromatic carboxylic acids is 1. The van der Waals surface area contributed by atoms with E-state index in [1.807, 2.05) is 0 Å². The van der Waals surface area contributed by atoms with Crippen molar-refractivity contribution in [3.05, 3.63) is 29.6 Å². The minimum absolute atomic E-state index is 0.147. The van der Waals surface area contributed by atoms with Crippen molar-refractivity contribution in [1.82, 2.24) is 10.3 Å². The number of hydrogen-bond acceptors (Lipinski definition) is 4. The van der Waals surface area contributed by atoms with Crippen LogP contribution in [-0.4, -0.2) is 34.3 Å². The predicted octanol–water partition coefficient (Wildman–Crippen LogP) is 1.85. The van der Waals surface area contributed by atoms with Gasteiger partial charge in [0, 0.05) is 19.2 Å². The van der Waals surface area contributed by atoms with E-state index in [1.165, 1.54) is 12.3 Å². The van der Waals surface area contributed by atoms with Gasteiger partial charge in [0.2, 0.25) is 0 Å². The van der Waals surface area contributed by atoms with Crippen LogP contribution in [0.1, 0.15) is 36.8 Å². The van der Waals surface area contributed by atoms with Gasteiger partial charge in [0.25, 0.3) is 0 Å². The number of pyridine rings is 1. The molecule has 1 aromatic heterocycles. The first kappa shape index (κ1) is 14.9. The fraction of sp³-hybridized carbons (Fsp3) is 0.462. The molecule has 2 N–H and O–H groups in total. The van der Waals surface area contributed by atoms with E-state index in [1.54, 1.807) is 26.8 Å². The second kappa shape index (κ2) is 6.17. The monoisotopic (exact) mass is 266 g/mol. The smallest absolute Gasteiger partial charge is 0.407 e. The first-order valence-corrected chi connectivity index (χ1v) is 5.93. The molecule has 0 bridgehead atoms. The van der Waals surface area contributed by atoms with Gasteiger partial charge in [-0.05, 0) is 32.9 Å². The molecule has 1 aromatic rings. The Morgan fingerprint density at radius 1 is 1.42 bits per heavy atom. The van der Waals surface area contributed by atoms with Crippen LogP contribution in [0, 0.1) is 0 Å². The maximum Gasteiger partial charge on any atom is 0.407 e. The summed E-state index contributed by atoms with van der Waals surface area (Å²) in [6.07, 6.45) is 1.33. The highest BCUT2D eigenvalue weighted by Crippen LogP contribution is 2.07. The van der Waals surface area contributed by atoms with Gasteiger partial charge in [-0.3, -0.25) is 4.98 Å². The standard InChI is InChI=1S/C13H18N2O4/c1-13(2,3)19-12(18)15-8-6-10-9(11(16)17)5-4-7-14-10/h4-5,7H,6,8H2,1-3H3,(H,15,18)(H,16,17). The average molecular weight is 266 g/mol. The topological polar surface area (TPSA) is 88.5 Å². The van der Waals surface area contributed by atoms with Crippen LogP contribution in [0.2, 0.25) is 0 Å². The van der Waals surface area contributed by atoms with Crippen LogP contribution in [-0.2, 0) is 11.2 Å². The van der Waals surface area contributed by atoms with Gasteiger partial charge in [0.1, 0.15) is 5.60 Å². The third-order valence-electron chi connectivity index (χ3n) is 2.15. The Labute approximate surface area is 111 Å². The number of rotatable bonds is 4. The van der Waals surface area contributed by atoms with Gasteiger partial charge >= 0.3 is 12.1 Å². The predicted molar refractivity (Wildman–Crippen MR) is 69.1 cm³/mol. The van der Waals surface area contributed by atoms with E-state index in [0.717, 1.165) is 0 Å². The molecule has 0 atom stereocenters. The lowest BCUT2D eigenvalue weighted by Crippen LogP contribution is -2.33. The van der Waals surface area contributed by atoms with Crippen LogP contribution in [0.15, 0.2) is 18.3 Å². The zero-order valence-electron chi connectivity index (χ0n) is 11.3. The van der Waals surface area contributed by atoms with Crippen molar-refractivity contribution in [2.24, 2.45) is 0 Å². The molecule has 0 saturated carbocycles. The van der Waals surface area contributed by atoms with Crippen LogP contribution >= 0.6 is 0 Å². The Bertz CT molecular complexity index is 466. The molecule has 0 aliphatic carbocycles. The highest BCUT2D eigenvalue weighted by Gasteiger charge is 2.16. The second-order valence-corrected chi connectivity index (χ2v) is 4.98. The largest absolute Gasteiger partial charge is 0.478 e. The summed E-state index contributed by atoms with van der Waals surface area (Å²) in [7, 11) is 0. The molecule has 19 heavy (non-hydrogen) atoms. The minimum Gasteiger partial charge on any atom is -0.478 e. The molecule has 0 spiro atoms. The number of amides is 1. The lowest BCUT2D eigenvalue weighted by molar-refractivity contribution is 0.0528. The third kappa shape index (κ3) is 5.37. The molecule has 6 heteroatoms. The Morgan fingerprint density at radius 3 is 2.68 bits per heavy atom. The van der Waals surface area contributed by atoms with E-state index >= 15 is 0 Å². The van der Waals surface area contributed by atoms with Crippen molar-refractivity contribution in [2.45, 2.75) is 32.8 Å². The van der Waals surface area contributed by atoms with Crippen molar-refractivity contribution in [3.8, 4) is 0 Å².